The van der Waals surface area contributed by atoms with E-state index in [2.05, 4.69) is 33.7 Å². The summed E-state index contributed by atoms with van der Waals surface area (Å²) in [5, 5.41) is 4.94. The monoisotopic (exact) mass is 481 g/mol. The minimum Gasteiger partial charge on any atom is -0.493 e. The number of nitrogens with one attached hydrogen (secondary N) is 1. The normalized spacial score (nSPS) is 12.0. The summed E-state index contributed by atoms with van der Waals surface area (Å²) in [5.41, 5.74) is 4.92. The number of rotatable bonds is 12. The molecule has 0 aliphatic rings. The Morgan fingerprint density at radius 1 is 1.15 bits per heavy atom. The summed E-state index contributed by atoms with van der Waals surface area (Å²) < 4.78 is 16.5. The standard InChI is InChI=1S/C26H31N3O4S/c1-19(14-27-26(30)11-9-20-8-10-24(31-3)25(13-20)32-4)33-23-7-5-6-21(12-23)15-29(2)16-22-17-34-18-28-22/h5-13,17-19H,14-16H2,1-4H3,(H,27,30). The summed E-state index contributed by atoms with van der Waals surface area (Å²) in [6, 6.07) is 13.5. The molecule has 1 heterocycles. The molecular formula is C26H31N3O4S. The van der Waals surface area contributed by atoms with E-state index >= 15 is 0 Å². The number of thiazole rings is 1. The third-order valence-corrected chi connectivity index (χ3v) is 5.64. The van der Waals surface area contributed by atoms with Crippen molar-refractivity contribution in [2.45, 2.75) is 26.1 Å². The van der Waals surface area contributed by atoms with Crippen LogP contribution in [0.1, 0.15) is 23.7 Å². The van der Waals surface area contributed by atoms with Crippen LogP contribution in [0.15, 0.2) is 59.4 Å². The molecule has 1 atom stereocenters. The predicted octanol–water partition coefficient (Wildman–Crippen LogP) is 4.39. The van der Waals surface area contributed by atoms with Crippen molar-refractivity contribution < 1.29 is 19.0 Å². The zero-order valence-electron chi connectivity index (χ0n) is 20.0. The second-order valence-corrected chi connectivity index (χ2v) is 8.64. The van der Waals surface area contributed by atoms with Crippen molar-refractivity contribution in [1.29, 1.82) is 0 Å². The summed E-state index contributed by atoms with van der Waals surface area (Å²) in [4.78, 5) is 18.8. The average molecular weight is 482 g/mol. The first kappa shape index (κ1) is 25.3. The molecule has 1 N–H and O–H groups in total. The van der Waals surface area contributed by atoms with Crippen LogP contribution in [0.2, 0.25) is 0 Å². The van der Waals surface area contributed by atoms with Crippen LogP contribution >= 0.6 is 11.3 Å². The number of carbonyl (C=O) groups excluding carboxylic acids is 1. The van der Waals surface area contributed by atoms with Crippen LogP contribution in [0.4, 0.5) is 0 Å². The predicted molar refractivity (Wildman–Crippen MR) is 135 cm³/mol. The highest BCUT2D eigenvalue weighted by Gasteiger charge is 2.09. The Morgan fingerprint density at radius 3 is 2.71 bits per heavy atom. The number of carbonyl (C=O) groups is 1. The maximum Gasteiger partial charge on any atom is 0.244 e. The molecule has 1 aromatic heterocycles. The molecule has 0 radical (unpaired) electrons. The molecule has 0 aliphatic heterocycles. The van der Waals surface area contributed by atoms with Crippen molar-refractivity contribution in [3.05, 3.63) is 76.3 Å². The molecule has 34 heavy (non-hydrogen) atoms. The molecule has 180 valence electrons. The summed E-state index contributed by atoms with van der Waals surface area (Å²) >= 11 is 1.61. The molecule has 0 saturated heterocycles. The van der Waals surface area contributed by atoms with Gasteiger partial charge in [0.05, 0.1) is 32.0 Å². The fraction of sp³-hybridized carbons (Fsp3) is 0.308. The lowest BCUT2D eigenvalue weighted by atomic mass is 10.2. The minimum atomic E-state index is -0.192. The third-order valence-electron chi connectivity index (χ3n) is 5.00. The molecule has 0 saturated carbocycles. The highest BCUT2D eigenvalue weighted by molar-refractivity contribution is 7.07. The first-order valence-corrected chi connectivity index (χ1v) is 11.9. The number of benzene rings is 2. The fourth-order valence-corrected chi connectivity index (χ4v) is 3.93. The first-order chi connectivity index (χ1) is 16.5. The van der Waals surface area contributed by atoms with Gasteiger partial charge in [-0.25, -0.2) is 4.98 Å². The van der Waals surface area contributed by atoms with Crippen molar-refractivity contribution >= 4 is 23.3 Å². The summed E-state index contributed by atoms with van der Waals surface area (Å²) in [5.74, 6) is 1.85. The van der Waals surface area contributed by atoms with E-state index in [1.54, 1.807) is 37.7 Å². The Morgan fingerprint density at radius 2 is 1.97 bits per heavy atom. The number of methoxy groups -OCH3 is 2. The van der Waals surface area contributed by atoms with Crippen LogP contribution in [-0.4, -0.2) is 49.7 Å². The lowest BCUT2D eigenvalue weighted by Gasteiger charge is -2.18. The molecule has 0 aliphatic carbocycles. The lowest BCUT2D eigenvalue weighted by Crippen LogP contribution is -2.32. The summed E-state index contributed by atoms with van der Waals surface area (Å²) in [6.07, 6.45) is 3.04. The largest absolute Gasteiger partial charge is 0.493 e. The van der Waals surface area contributed by atoms with Crippen molar-refractivity contribution in [3.63, 3.8) is 0 Å². The molecule has 0 spiro atoms. The smallest absolute Gasteiger partial charge is 0.244 e. The van der Waals surface area contributed by atoms with E-state index in [0.29, 0.717) is 18.0 Å². The Balaban J connectivity index is 1.46. The number of amides is 1. The van der Waals surface area contributed by atoms with Gasteiger partial charge in [-0.05, 0) is 55.4 Å². The molecule has 7 nitrogen and oxygen atoms in total. The molecular weight excluding hydrogens is 450 g/mol. The Hall–Kier alpha value is -3.36. The number of nitrogens with zero attached hydrogens (tertiary/aromatic N) is 2. The summed E-state index contributed by atoms with van der Waals surface area (Å²) in [6.45, 7) is 3.91. The van der Waals surface area contributed by atoms with Crippen LogP contribution in [0.5, 0.6) is 17.2 Å². The van der Waals surface area contributed by atoms with Crippen molar-refractivity contribution in [1.82, 2.24) is 15.2 Å². The molecule has 1 unspecified atom stereocenters. The lowest BCUT2D eigenvalue weighted by molar-refractivity contribution is -0.116. The van der Waals surface area contributed by atoms with Crippen LogP contribution in [0, 0.1) is 0 Å². The van der Waals surface area contributed by atoms with Gasteiger partial charge >= 0.3 is 0 Å². The van der Waals surface area contributed by atoms with Crippen LogP contribution in [0.3, 0.4) is 0 Å². The van der Waals surface area contributed by atoms with E-state index in [-0.39, 0.29) is 12.0 Å². The zero-order valence-corrected chi connectivity index (χ0v) is 20.8. The van der Waals surface area contributed by atoms with Gasteiger partial charge in [-0.1, -0.05) is 18.2 Å². The zero-order chi connectivity index (χ0) is 24.3. The molecule has 2 aromatic carbocycles. The van der Waals surface area contributed by atoms with Crippen LogP contribution in [0.25, 0.3) is 6.08 Å². The van der Waals surface area contributed by atoms with Gasteiger partial charge in [0.1, 0.15) is 11.9 Å². The van der Waals surface area contributed by atoms with E-state index in [9.17, 15) is 4.79 Å². The van der Waals surface area contributed by atoms with Crippen LogP contribution < -0.4 is 19.5 Å². The van der Waals surface area contributed by atoms with Crippen LogP contribution in [-0.2, 0) is 17.9 Å². The molecule has 3 rings (SSSR count). The van der Waals surface area contributed by atoms with E-state index in [0.717, 1.165) is 35.7 Å². The molecule has 8 heteroatoms. The first-order valence-electron chi connectivity index (χ1n) is 11.0. The van der Waals surface area contributed by atoms with Gasteiger partial charge in [0.2, 0.25) is 5.91 Å². The second kappa shape index (κ2) is 12.8. The SMILES string of the molecule is COc1ccc(C=CC(=O)NCC(C)Oc2cccc(CN(C)Cc3cscn3)c2)cc1OC. The van der Waals surface area contributed by atoms with Crippen molar-refractivity contribution in [3.8, 4) is 17.2 Å². The Labute approximate surface area is 205 Å². The molecule has 3 aromatic rings. The molecule has 1 amide bonds. The molecule has 0 fully saturated rings. The van der Waals surface area contributed by atoms with Gasteiger partial charge < -0.3 is 19.5 Å². The Kier molecular flexibility index (Phi) is 9.49. The second-order valence-electron chi connectivity index (χ2n) is 7.92. The van der Waals surface area contributed by atoms with Crippen molar-refractivity contribution in [2.75, 3.05) is 27.8 Å². The van der Waals surface area contributed by atoms with Gasteiger partial charge in [0.25, 0.3) is 0 Å². The topological polar surface area (TPSA) is 72.9 Å². The van der Waals surface area contributed by atoms with Gasteiger partial charge in [0.15, 0.2) is 11.5 Å². The maximum absolute atomic E-state index is 12.2. The van der Waals surface area contributed by atoms with Gasteiger partial charge in [-0.3, -0.25) is 9.69 Å². The minimum absolute atomic E-state index is 0.179. The van der Waals surface area contributed by atoms with E-state index in [4.69, 9.17) is 14.2 Å². The van der Waals surface area contributed by atoms with Gasteiger partial charge in [-0.15, -0.1) is 11.3 Å². The van der Waals surface area contributed by atoms with Crippen molar-refractivity contribution in [2.24, 2.45) is 0 Å². The fourth-order valence-electron chi connectivity index (χ4n) is 3.38. The number of aromatic nitrogens is 1. The van der Waals surface area contributed by atoms with Gasteiger partial charge in [0, 0.05) is 24.5 Å². The van der Waals surface area contributed by atoms with E-state index in [1.165, 1.54) is 6.08 Å². The maximum atomic E-state index is 12.2. The Bertz CT molecular complexity index is 1090. The highest BCUT2D eigenvalue weighted by Crippen LogP contribution is 2.28. The van der Waals surface area contributed by atoms with E-state index in [1.807, 2.05) is 42.8 Å². The number of hydrogen-bond donors (Lipinski definition) is 1. The highest BCUT2D eigenvalue weighted by atomic mass is 32.1. The quantitative estimate of drug-likeness (QED) is 0.387. The van der Waals surface area contributed by atoms with E-state index < -0.39 is 0 Å². The third kappa shape index (κ3) is 7.90. The average Bonchev–Trinajstić information content (AvgIpc) is 3.34. The molecule has 0 bridgehead atoms. The number of hydrogen-bond acceptors (Lipinski definition) is 7. The number of ether oxygens (including phenoxy) is 3. The summed E-state index contributed by atoms with van der Waals surface area (Å²) in [7, 11) is 5.24. The van der Waals surface area contributed by atoms with Gasteiger partial charge in [-0.2, -0.15) is 0 Å².